The quantitative estimate of drug-likeness (QED) is 0.761. The molecule has 0 radical (unpaired) electrons. The van der Waals surface area contributed by atoms with Crippen LogP contribution in [0, 0.1) is 19.8 Å². The van der Waals surface area contributed by atoms with Crippen LogP contribution in [0.25, 0.3) is 0 Å². The average molecular weight is 345 g/mol. The molecule has 5 nitrogen and oxygen atoms in total. The molecule has 0 aliphatic carbocycles. The van der Waals surface area contributed by atoms with Crippen LogP contribution in [-0.2, 0) is 17.8 Å². The smallest absolute Gasteiger partial charge is 0.224 e. The third kappa shape index (κ3) is 6.15. The van der Waals surface area contributed by atoms with Crippen LogP contribution in [0.3, 0.4) is 0 Å². The minimum atomic E-state index is -0.304. The fourth-order valence-electron chi connectivity index (χ4n) is 2.51. The topological polar surface area (TPSA) is 72.9 Å². The first kappa shape index (κ1) is 21.9. The Balaban J connectivity index is 0.00000484. The van der Waals surface area contributed by atoms with Crippen molar-refractivity contribution < 1.29 is 4.79 Å². The van der Waals surface area contributed by atoms with Gasteiger partial charge in [-0.25, -0.2) is 0 Å². The maximum atomic E-state index is 12.2. The Morgan fingerprint density at radius 2 is 1.87 bits per heavy atom. The van der Waals surface area contributed by atoms with E-state index in [0.29, 0.717) is 18.9 Å². The van der Waals surface area contributed by atoms with E-state index in [2.05, 4.69) is 38.1 Å². The van der Waals surface area contributed by atoms with E-state index in [0.717, 1.165) is 36.3 Å². The van der Waals surface area contributed by atoms with E-state index >= 15 is 0 Å². The molecule has 1 rings (SSSR count). The van der Waals surface area contributed by atoms with Gasteiger partial charge in [-0.05, 0) is 32.6 Å². The number of amides is 1. The SMILES string of the molecule is CCC(N)(CC)CNC(=O)Cc1c(C)nn(CC(C)C)c1C.Cl. The van der Waals surface area contributed by atoms with Crippen LogP contribution < -0.4 is 11.1 Å². The molecule has 0 saturated heterocycles. The predicted octanol–water partition coefficient (Wildman–Crippen LogP) is 2.75. The molecule has 3 N–H and O–H groups in total. The molecule has 23 heavy (non-hydrogen) atoms. The van der Waals surface area contributed by atoms with Gasteiger partial charge in [0.15, 0.2) is 0 Å². The number of nitrogens with zero attached hydrogens (tertiary/aromatic N) is 2. The highest BCUT2D eigenvalue weighted by molar-refractivity contribution is 5.85. The first-order chi connectivity index (χ1) is 10.2. The first-order valence-electron chi connectivity index (χ1n) is 8.30. The largest absolute Gasteiger partial charge is 0.354 e. The summed E-state index contributed by atoms with van der Waals surface area (Å²) in [7, 11) is 0. The van der Waals surface area contributed by atoms with Gasteiger partial charge >= 0.3 is 0 Å². The summed E-state index contributed by atoms with van der Waals surface area (Å²) < 4.78 is 2.01. The van der Waals surface area contributed by atoms with Gasteiger partial charge in [-0.2, -0.15) is 5.10 Å². The highest BCUT2D eigenvalue weighted by Gasteiger charge is 2.22. The number of carbonyl (C=O) groups is 1. The number of nitrogens with two attached hydrogens (primary N) is 1. The van der Waals surface area contributed by atoms with Crippen LogP contribution >= 0.6 is 12.4 Å². The summed E-state index contributed by atoms with van der Waals surface area (Å²) in [4.78, 5) is 12.2. The Bertz CT molecular complexity index is 507. The van der Waals surface area contributed by atoms with E-state index in [9.17, 15) is 4.79 Å². The monoisotopic (exact) mass is 344 g/mol. The van der Waals surface area contributed by atoms with Gasteiger partial charge < -0.3 is 11.1 Å². The highest BCUT2D eigenvalue weighted by atomic mass is 35.5. The molecule has 1 aromatic heterocycles. The van der Waals surface area contributed by atoms with Crippen molar-refractivity contribution in [3.8, 4) is 0 Å². The second-order valence-electron chi connectivity index (χ2n) is 6.75. The molecule has 0 aliphatic heterocycles. The summed E-state index contributed by atoms with van der Waals surface area (Å²) in [5, 5.41) is 7.53. The van der Waals surface area contributed by atoms with Gasteiger partial charge in [-0.1, -0.05) is 27.7 Å². The number of carbonyl (C=O) groups excluding carboxylic acids is 1. The number of halogens is 1. The lowest BCUT2D eigenvalue weighted by Crippen LogP contribution is -2.49. The third-order valence-electron chi connectivity index (χ3n) is 4.45. The number of nitrogens with one attached hydrogen (secondary N) is 1. The van der Waals surface area contributed by atoms with E-state index < -0.39 is 0 Å². The lowest BCUT2D eigenvalue weighted by molar-refractivity contribution is -0.120. The molecule has 1 aromatic rings. The summed E-state index contributed by atoms with van der Waals surface area (Å²) in [5.41, 5.74) is 8.99. The third-order valence-corrected chi connectivity index (χ3v) is 4.45. The average Bonchev–Trinajstić information content (AvgIpc) is 2.71. The van der Waals surface area contributed by atoms with Crippen molar-refractivity contribution in [2.75, 3.05) is 6.54 Å². The van der Waals surface area contributed by atoms with Crippen molar-refractivity contribution in [3.63, 3.8) is 0 Å². The number of hydrogen-bond acceptors (Lipinski definition) is 3. The number of rotatable bonds is 8. The zero-order chi connectivity index (χ0) is 16.9. The number of aromatic nitrogens is 2. The Morgan fingerprint density at radius 1 is 1.30 bits per heavy atom. The minimum absolute atomic E-state index is 0. The highest BCUT2D eigenvalue weighted by Crippen LogP contribution is 2.16. The normalized spacial score (nSPS) is 11.5. The molecule has 6 heteroatoms. The molecule has 0 unspecified atom stereocenters. The molecule has 0 spiro atoms. The zero-order valence-electron chi connectivity index (χ0n) is 15.4. The Kier molecular flexibility index (Phi) is 8.85. The molecular formula is C17H33ClN4O. The molecule has 0 saturated carbocycles. The molecule has 0 bridgehead atoms. The van der Waals surface area contributed by atoms with Crippen molar-refractivity contribution in [3.05, 3.63) is 17.0 Å². The second-order valence-corrected chi connectivity index (χ2v) is 6.75. The van der Waals surface area contributed by atoms with Gasteiger partial charge in [0.2, 0.25) is 5.91 Å². The standard InChI is InChI=1S/C17H32N4O.ClH/c1-7-17(18,8-2)11-19-16(22)9-15-13(5)20-21(14(15)6)10-12(3)4;/h12H,7-11,18H2,1-6H3,(H,19,22);1H. The van der Waals surface area contributed by atoms with Crippen LogP contribution in [0.4, 0.5) is 0 Å². The lowest BCUT2D eigenvalue weighted by Gasteiger charge is -2.26. The summed E-state index contributed by atoms with van der Waals surface area (Å²) in [6.45, 7) is 13.9. The van der Waals surface area contributed by atoms with Gasteiger partial charge in [0.05, 0.1) is 12.1 Å². The van der Waals surface area contributed by atoms with Crippen LogP contribution in [-0.4, -0.2) is 27.8 Å². The molecule has 0 atom stereocenters. The molecule has 0 aromatic carbocycles. The van der Waals surface area contributed by atoms with E-state index in [1.54, 1.807) is 0 Å². The second kappa shape index (κ2) is 9.28. The minimum Gasteiger partial charge on any atom is -0.354 e. The Hall–Kier alpha value is -1.07. The summed E-state index contributed by atoms with van der Waals surface area (Å²) >= 11 is 0. The van der Waals surface area contributed by atoms with Gasteiger partial charge in [0, 0.05) is 29.9 Å². The van der Waals surface area contributed by atoms with Gasteiger partial charge in [0.25, 0.3) is 0 Å². The van der Waals surface area contributed by atoms with Crippen molar-refractivity contribution in [2.24, 2.45) is 11.7 Å². The summed E-state index contributed by atoms with van der Waals surface area (Å²) in [5.74, 6) is 0.554. The molecule has 134 valence electrons. The van der Waals surface area contributed by atoms with Gasteiger partial charge in [0.1, 0.15) is 0 Å². The fraction of sp³-hybridized carbons (Fsp3) is 0.765. The van der Waals surface area contributed by atoms with Crippen LogP contribution in [0.15, 0.2) is 0 Å². The van der Waals surface area contributed by atoms with Crippen LogP contribution in [0.1, 0.15) is 57.5 Å². The first-order valence-corrected chi connectivity index (χ1v) is 8.30. The fourth-order valence-corrected chi connectivity index (χ4v) is 2.51. The zero-order valence-corrected chi connectivity index (χ0v) is 16.2. The Morgan fingerprint density at radius 3 is 2.35 bits per heavy atom. The van der Waals surface area contributed by atoms with Crippen molar-refractivity contribution in [1.82, 2.24) is 15.1 Å². The summed E-state index contributed by atoms with van der Waals surface area (Å²) in [6, 6.07) is 0. The maximum absolute atomic E-state index is 12.2. The van der Waals surface area contributed by atoms with E-state index in [4.69, 9.17) is 5.73 Å². The van der Waals surface area contributed by atoms with E-state index in [1.807, 2.05) is 18.5 Å². The Labute approximate surface area is 146 Å². The number of hydrogen-bond donors (Lipinski definition) is 2. The van der Waals surface area contributed by atoms with E-state index in [1.165, 1.54) is 0 Å². The molecule has 1 amide bonds. The summed E-state index contributed by atoms with van der Waals surface area (Å²) in [6.07, 6.45) is 2.08. The predicted molar refractivity (Wildman–Crippen MR) is 98.0 cm³/mol. The molecule has 0 fully saturated rings. The van der Waals surface area contributed by atoms with Gasteiger partial charge in [-0.15, -0.1) is 12.4 Å². The van der Waals surface area contributed by atoms with Crippen LogP contribution in [0.2, 0.25) is 0 Å². The maximum Gasteiger partial charge on any atom is 0.224 e. The van der Waals surface area contributed by atoms with Crippen LogP contribution in [0.5, 0.6) is 0 Å². The van der Waals surface area contributed by atoms with Crippen molar-refractivity contribution >= 4 is 18.3 Å². The van der Waals surface area contributed by atoms with Crippen molar-refractivity contribution in [2.45, 2.75) is 72.9 Å². The van der Waals surface area contributed by atoms with Gasteiger partial charge in [-0.3, -0.25) is 9.48 Å². The lowest BCUT2D eigenvalue weighted by atomic mass is 9.94. The van der Waals surface area contributed by atoms with E-state index in [-0.39, 0.29) is 23.9 Å². The molecule has 1 heterocycles. The molecular weight excluding hydrogens is 312 g/mol. The molecule has 0 aliphatic rings. The number of aryl methyl sites for hydroxylation is 1. The van der Waals surface area contributed by atoms with Crippen molar-refractivity contribution in [1.29, 1.82) is 0 Å².